The minimum atomic E-state index is -6.09. The largest absolute Gasteiger partial charge is 0.741 e. The van der Waals surface area contributed by atoms with Crippen LogP contribution in [0.3, 0.4) is 0 Å². The second kappa shape index (κ2) is 8.11. The molecule has 126 valence electrons. The van der Waals surface area contributed by atoms with Crippen molar-refractivity contribution >= 4 is 10.1 Å². The Kier molecular flexibility index (Phi) is 7.02. The molecule has 0 heterocycles. The van der Waals surface area contributed by atoms with E-state index in [9.17, 15) is 13.2 Å². The van der Waals surface area contributed by atoms with Gasteiger partial charge in [-0.2, -0.15) is 13.2 Å². The molecule has 0 atom stereocenters. The highest BCUT2D eigenvalue weighted by molar-refractivity contribution is 7.86. The van der Waals surface area contributed by atoms with Gasteiger partial charge < -0.3 is 4.55 Å². The summed E-state index contributed by atoms with van der Waals surface area (Å²) in [4.78, 5) is 0. The van der Waals surface area contributed by atoms with Crippen molar-refractivity contribution in [1.82, 2.24) is 0 Å². The Morgan fingerprint density at radius 2 is 1.17 bits per heavy atom. The van der Waals surface area contributed by atoms with E-state index in [2.05, 4.69) is 62.4 Å². The van der Waals surface area contributed by atoms with Gasteiger partial charge >= 0.3 is 26.7 Å². The normalized spacial score (nSPS) is 11.6. The molecule has 0 aliphatic rings. The molecule has 0 aromatic heterocycles. The van der Waals surface area contributed by atoms with Gasteiger partial charge in [0.2, 0.25) is 0 Å². The molecule has 2 rings (SSSR count). The molecule has 3 nitrogen and oxygen atoms in total. The second-order valence-electron chi connectivity index (χ2n) is 4.49. The topological polar surface area (TPSA) is 57.2 Å². The summed E-state index contributed by atoms with van der Waals surface area (Å²) in [5, 5.41) is 0. The third kappa shape index (κ3) is 6.48. The Morgan fingerprint density at radius 3 is 1.43 bits per heavy atom. The SMILES string of the molecule is Cc1ccccc1[I+]c1ccccc1C.O=S(=O)([O-])C(F)(F)F. The number of alkyl halides is 3. The maximum absolute atomic E-state index is 10.7. The molecular formula is C15H14F3IO3S. The highest BCUT2D eigenvalue weighted by atomic mass is 127. The van der Waals surface area contributed by atoms with Crippen LogP contribution in [0.5, 0.6) is 0 Å². The van der Waals surface area contributed by atoms with Crippen LogP contribution in [-0.4, -0.2) is 18.5 Å². The molecule has 0 N–H and O–H groups in total. The Morgan fingerprint density at radius 1 is 0.870 bits per heavy atom. The molecule has 0 spiro atoms. The molecule has 0 fully saturated rings. The van der Waals surface area contributed by atoms with E-state index in [-0.39, 0.29) is 21.2 Å². The van der Waals surface area contributed by atoms with Gasteiger partial charge in [0.05, 0.1) is 0 Å². The molecule has 0 aliphatic carbocycles. The van der Waals surface area contributed by atoms with Crippen LogP contribution in [0.1, 0.15) is 11.1 Å². The van der Waals surface area contributed by atoms with Gasteiger partial charge in [-0.15, -0.1) is 0 Å². The molecule has 0 aliphatic heterocycles. The number of hydrogen-bond donors (Lipinski definition) is 0. The Balaban J connectivity index is 0.000000284. The minimum Gasteiger partial charge on any atom is -0.741 e. The summed E-state index contributed by atoms with van der Waals surface area (Å²) in [5.41, 5.74) is -2.80. The Hall–Kier alpha value is -1.13. The van der Waals surface area contributed by atoms with Crippen molar-refractivity contribution in [2.45, 2.75) is 19.4 Å². The fourth-order valence-corrected chi connectivity index (χ4v) is 4.03. The molecular weight excluding hydrogens is 444 g/mol. The van der Waals surface area contributed by atoms with E-state index in [4.69, 9.17) is 13.0 Å². The maximum Gasteiger partial charge on any atom is 0.485 e. The van der Waals surface area contributed by atoms with Crippen LogP contribution < -0.4 is 21.2 Å². The van der Waals surface area contributed by atoms with E-state index in [1.807, 2.05) is 0 Å². The van der Waals surface area contributed by atoms with Gasteiger partial charge in [0.15, 0.2) is 17.3 Å². The molecule has 23 heavy (non-hydrogen) atoms. The number of benzene rings is 2. The summed E-state index contributed by atoms with van der Waals surface area (Å²) in [6.07, 6.45) is 0. The summed E-state index contributed by atoms with van der Waals surface area (Å²) >= 11 is -0.0147. The fourth-order valence-electron chi connectivity index (χ4n) is 1.42. The first kappa shape index (κ1) is 19.9. The summed E-state index contributed by atoms with van der Waals surface area (Å²) < 4.78 is 62.0. The summed E-state index contributed by atoms with van der Waals surface area (Å²) in [6.45, 7) is 4.40. The van der Waals surface area contributed by atoms with Crippen LogP contribution in [0.2, 0.25) is 0 Å². The maximum atomic E-state index is 10.7. The first-order chi connectivity index (χ1) is 10.5. The number of rotatable bonds is 2. The third-order valence-electron chi connectivity index (χ3n) is 2.64. The standard InChI is InChI=1S/C14H14I.CHF3O3S/c1-11-7-3-5-9-13(11)15-14-10-6-4-8-12(14)2;2-1(3,4)8(5,6)7/h3-10H,1-2H3;(H,5,6,7)/q+1;/p-1. The lowest BCUT2D eigenvalue weighted by Crippen LogP contribution is -3.62. The molecule has 0 unspecified atom stereocenters. The van der Waals surface area contributed by atoms with Crippen molar-refractivity contribution in [2.75, 3.05) is 0 Å². The predicted molar refractivity (Wildman–Crippen MR) is 75.5 cm³/mol. The minimum absolute atomic E-state index is 0.0147. The molecule has 2 aromatic rings. The Labute approximate surface area is 143 Å². The summed E-state index contributed by atoms with van der Waals surface area (Å²) in [6, 6.07) is 17.4. The van der Waals surface area contributed by atoms with Crippen LogP contribution in [0.15, 0.2) is 48.5 Å². The number of halogens is 4. The van der Waals surface area contributed by atoms with Crippen molar-refractivity contribution in [3.8, 4) is 0 Å². The number of aryl methyl sites for hydroxylation is 2. The molecule has 0 radical (unpaired) electrons. The zero-order chi connectivity index (χ0) is 17.7. The van der Waals surface area contributed by atoms with Crippen molar-refractivity contribution < 1.29 is 47.3 Å². The van der Waals surface area contributed by atoms with E-state index in [0.29, 0.717) is 0 Å². The summed E-state index contributed by atoms with van der Waals surface area (Å²) in [5.74, 6) is 0. The van der Waals surface area contributed by atoms with Gasteiger partial charge in [-0.3, -0.25) is 0 Å². The molecule has 8 heteroatoms. The highest BCUT2D eigenvalue weighted by Crippen LogP contribution is 2.20. The lowest BCUT2D eigenvalue weighted by molar-refractivity contribution is -0.598. The highest BCUT2D eigenvalue weighted by Gasteiger charge is 2.36. The van der Waals surface area contributed by atoms with Gasteiger partial charge in [-0.05, 0) is 26.0 Å². The first-order valence-electron chi connectivity index (χ1n) is 6.30. The van der Waals surface area contributed by atoms with Gasteiger partial charge in [-0.1, -0.05) is 36.4 Å². The zero-order valence-electron chi connectivity index (χ0n) is 12.3. The van der Waals surface area contributed by atoms with E-state index in [0.717, 1.165) is 0 Å². The molecule has 0 amide bonds. The lowest BCUT2D eigenvalue weighted by Gasteiger charge is -2.08. The van der Waals surface area contributed by atoms with Crippen LogP contribution in [0.25, 0.3) is 0 Å². The van der Waals surface area contributed by atoms with Crippen molar-refractivity contribution in [3.63, 3.8) is 0 Å². The monoisotopic (exact) mass is 458 g/mol. The van der Waals surface area contributed by atoms with Crippen LogP contribution >= 0.6 is 0 Å². The zero-order valence-corrected chi connectivity index (χ0v) is 15.2. The predicted octanol–water partition coefficient (Wildman–Crippen LogP) is 0.483. The van der Waals surface area contributed by atoms with Gasteiger partial charge in [0, 0.05) is 11.1 Å². The van der Waals surface area contributed by atoms with Crippen LogP contribution in [0, 0.1) is 21.0 Å². The molecule has 0 saturated heterocycles. The second-order valence-corrected chi connectivity index (χ2v) is 8.73. The molecule has 0 saturated carbocycles. The smallest absolute Gasteiger partial charge is 0.485 e. The van der Waals surface area contributed by atoms with Gasteiger partial charge in [-0.25, -0.2) is 8.42 Å². The number of hydrogen-bond acceptors (Lipinski definition) is 3. The van der Waals surface area contributed by atoms with Crippen LogP contribution in [-0.2, 0) is 10.1 Å². The van der Waals surface area contributed by atoms with Crippen LogP contribution in [0.4, 0.5) is 13.2 Å². The molecule has 0 bridgehead atoms. The third-order valence-corrected chi connectivity index (χ3v) is 6.79. The van der Waals surface area contributed by atoms with Gasteiger partial charge in [0.1, 0.15) is 0 Å². The van der Waals surface area contributed by atoms with E-state index in [1.165, 1.54) is 18.3 Å². The van der Waals surface area contributed by atoms with Crippen molar-refractivity contribution in [3.05, 3.63) is 66.8 Å². The lowest BCUT2D eigenvalue weighted by atomic mass is 10.2. The summed E-state index contributed by atoms with van der Waals surface area (Å²) in [7, 11) is -6.09. The van der Waals surface area contributed by atoms with E-state index in [1.54, 1.807) is 0 Å². The average molecular weight is 458 g/mol. The first-order valence-corrected chi connectivity index (χ1v) is 9.87. The quantitative estimate of drug-likeness (QED) is 0.374. The Bertz CT molecular complexity index is 715. The van der Waals surface area contributed by atoms with Crippen molar-refractivity contribution in [1.29, 1.82) is 0 Å². The van der Waals surface area contributed by atoms with Gasteiger partial charge in [0.25, 0.3) is 0 Å². The van der Waals surface area contributed by atoms with Crippen molar-refractivity contribution in [2.24, 2.45) is 0 Å². The van der Waals surface area contributed by atoms with E-state index >= 15 is 0 Å². The fraction of sp³-hybridized carbons (Fsp3) is 0.200. The van der Waals surface area contributed by atoms with E-state index < -0.39 is 15.6 Å². The average Bonchev–Trinajstić information content (AvgIpc) is 2.42. The molecule has 2 aromatic carbocycles.